The minimum absolute atomic E-state index is 0.309. The Morgan fingerprint density at radius 3 is 2.53 bits per heavy atom. The molecule has 0 radical (unpaired) electrons. The maximum Gasteiger partial charge on any atom is 0.410 e. The number of hydrogen-bond acceptors (Lipinski definition) is 4. The van der Waals surface area contributed by atoms with Gasteiger partial charge in [-0.1, -0.05) is 0 Å². The van der Waals surface area contributed by atoms with Gasteiger partial charge >= 0.3 is 6.09 Å². The van der Waals surface area contributed by atoms with Crippen LogP contribution in [-0.2, 0) is 14.4 Å². The summed E-state index contributed by atoms with van der Waals surface area (Å²) in [6, 6.07) is -0.496. The summed E-state index contributed by atoms with van der Waals surface area (Å²) in [6.07, 6.45) is 0.974. The summed E-state index contributed by atoms with van der Waals surface area (Å²) < 4.78 is 5.25. The van der Waals surface area contributed by atoms with Crippen molar-refractivity contribution >= 4 is 12.0 Å². The summed E-state index contributed by atoms with van der Waals surface area (Å²) in [4.78, 5) is 29.5. The Balaban J connectivity index is 2.63. The van der Waals surface area contributed by atoms with Crippen molar-refractivity contribution < 1.29 is 19.2 Å². The van der Waals surface area contributed by atoms with Crippen molar-refractivity contribution in [1.29, 1.82) is 0 Å². The molecule has 1 rings (SSSR count). The van der Waals surface area contributed by atoms with Gasteiger partial charge in [0.2, 0.25) is 0 Å². The lowest BCUT2D eigenvalue weighted by Gasteiger charge is -2.27. The molecule has 1 N–H and O–H groups in total. The van der Waals surface area contributed by atoms with Gasteiger partial charge in [-0.2, -0.15) is 0 Å². The van der Waals surface area contributed by atoms with Gasteiger partial charge in [0.15, 0.2) is 0 Å². The fourth-order valence-corrected chi connectivity index (χ4v) is 1.75. The molecular formula is C11H20N2O4. The number of amides is 2. The van der Waals surface area contributed by atoms with Crippen LogP contribution in [0.4, 0.5) is 4.79 Å². The number of ether oxygens (including phenoxy) is 1. The van der Waals surface area contributed by atoms with Gasteiger partial charge in [0, 0.05) is 6.54 Å². The lowest BCUT2D eigenvalue weighted by molar-refractivity contribution is -0.135. The van der Waals surface area contributed by atoms with Gasteiger partial charge in [0.1, 0.15) is 11.6 Å². The summed E-state index contributed by atoms with van der Waals surface area (Å²) in [6.45, 7) is 5.93. The fraction of sp³-hybridized carbons (Fsp3) is 0.818. The monoisotopic (exact) mass is 244 g/mol. The molecule has 6 heteroatoms. The molecule has 0 aliphatic carbocycles. The highest BCUT2D eigenvalue weighted by atomic mass is 16.6. The van der Waals surface area contributed by atoms with Crippen LogP contribution in [-0.4, -0.2) is 42.2 Å². The van der Waals surface area contributed by atoms with Crippen LogP contribution in [0.1, 0.15) is 33.6 Å². The molecule has 17 heavy (non-hydrogen) atoms. The van der Waals surface area contributed by atoms with Crippen molar-refractivity contribution in [2.45, 2.75) is 45.3 Å². The van der Waals surface area contributed by atoms with Gasteiger partial charge in [0.05, 0.1) is 7.11 Å². The van der Waals surface area contributed by atoms with E-state index >= 15 is 0 Å². The highest BCUT2D eigenvalue weighted by Crippen LogP contribution is 2.20. The summed E-state index contributed by atoms with van der Waals surface area (Å²) in [5.41, 5.74) is 1.69. The average Bonchev–Trinajstić information content (AvgIpc) is 2.63. The first-order valence-electron chi connectivity index (χ1n) is 5.67. The maximum atomic E-state index is 11.9. The molecule has 1 unspecified atom stereocenters. The molecule has 6 nitrogen and oxygen atoms in total. The predicted octanol–water partition coefficient (Wildman–Crippen LogP) is 1.06. The smallest absolute Gasteiger partial charge is 0.410 e. The molecule has 0 aromatic carbocycles. The SMILES string of the molecule is CONC(=O)C1CCCN1C(=O)OC(C)(C)C. The quantitative estimate of drug-likeness (QED) is 0.738. The minimum Gasteiger partial charge on any atom is -0.444 e. The number of likely N-dealkylation sites (tertiary alicyclic amines) is 1. The van der Waals surface area contributed by atoms with Crippen LogP contribution in [0.25, 0.3) is 0 Å². The van der Waals surface area contributed by atoms with E-state index in [4.69, 9.17) is 4.74 Å². The van der Waals surface area contributed by atoms with Gasteiger partial charge in [0.25, 0.3) is 5.91 Å². The Morgan fingerprint density at radius 2 is 2.00 bits per heavy atom. The number of hydrogen-bond donors (Lipinski definition) is 1. The van der Waals surface area contributed by atoms with E-state index in [1.54, 1.807) is 20.8 Å². The number of carbonyl (C=O) groups excluding carboxylic acids is 2. The molecule has 0 aromatic rings. The Labute approximate surface area is 101 Å². The first-order valence-corrected chi connectivity index (χ1v) is 5.67. The van der Waals surface area contributed by atoms with E-state index in [9.17, 15) is 9.59 Å². The molecule has 1 aliphatic rings. The second-order valence-electron chi connectivity index (χ2n) is 5.00. The Bertz CT molecular complexity index is 298. The Morgan fingerprint density at radius 1 is 1.35 bits per heavy atom. The van der Waals surface area contributed by atoms with Crippen LogP contribution >= 0.6 is 0 Å². The van der Waals surface area contributed by atoms with Crippen molar-refractivity contribution in [3.63, 3.8) is 0 Å². The number of carbonyl (C=O) groups is 2. The van der Waals surface area contributed by atoms with Crippen LogP contribution in [0.5, 0.6) is 0 Å². The van der Waals surface area contributed by atoms with Crippen molar-refractivity contribution in [2.75, 3.05) is 13.7 Å². The molecule has 0 bridgehead atoms. The van der Waals surface area contributed by atoms with Crippen LogP contribution in [0, 0.1) is 0 Å². The van der Waals surface area contributed by atoms with Gasteiger partial charge in [-0.15, -0.1) is 0 Å². The topological polar surface area (TPSA) is 67.9 Å². The summed E-state index contributed by atoms with van der Waals surface area (Å²) >= 11 is 0. The normalized spacial score (nSPS) is 20.2. The van der Waals surface area contributed by atoms with Crippen LogP contribution in [0.2, 0.25) is 0 Å². The molecule has 0 spiro atoms. The molecular weight excluding hydrogens is 224 g/mol. The van der Waals surface area contributed by atoms with E-state index in [0.29, 0.717) is 13.0 Å². The molecule has 0 aromatic heterocycles. The van der Waals surface area contributed by atoms with E-state index in [0.717, 1.165) is 6.42 Å². The molecule has 2 amide bonds. The molecule has 1 aliphatic heterocycles. The first kappa shape index (κ1) is 13.8. The second-order valence-corrected chi connectivity index (χ2v) is 5.00. The Hall–Kier alpha value is -1.30. The van der Waals surface area contributed by atoms with Crippen LogP contribution in [0.3, 0.4) is 0 Å². The zero-order valence-electron chi connectivity index (χ0n) is 10.8. The van der Waals surface area contributed by atoms with Crippen molar-refractivity contribution in [3.05, 3.63) is 0 Å². The molecule has 1 saturated heterocycles. The minimum atomic E-state index is -0.554. The van der Waals surface area contributed by atoms with Gasteiger partial charge in [-0.25, -0.2) is 10.3 Å². The van der Waals surface area contributed by atoms with E-state index in [2.05, 4.69) is 10.3 Å². The van der Waals surface area contributed by atoms with E-state index in [1.807, 2.05) is 0 Å². The van der Waals surface area contributed by atoms with Gasteiger partial charge in [-0.05, 0) is 33.6 Å². The molecule has 1 heterocycles. The Kier molecular flexibility index (Phi) is 4.34. The highest BCUT2D eigenvalue weighted by Gasteiger charge is 2.36. The van der Waals surface area contributed by atoms with Gasteiger partial charge in [-0.3, -0.25) is 14.5 Å². The lowest BCUT2D eigenvalue weighted by atomic mass is 10.2. The number of hydroxylamine groups is 1. The zero-order chi connectivity index (χ0) is 13.1. The number of rotatable bonds is 2. The largest absolute Gasteiger partial charge is 0.444 e. The van der Waals surface area contributed by atoms with Crippen molar-refractivity contribution in [1.82, 2.24) is 10.4 Å². The third kappa shape index (κ3) is 3.89. The average molecular weight is 244 g/mol. The standard InChI is InChI=1S/C11H20N2O4/c1-11(2,3)17-10(15)13-7-5-6-8(13)9(14)12-16-4/h8H,5-7H2,1-4H3,(H,12,14). The first-order chi connectivity index (χ1) is 7.85. The molecule has 98 valence electrons. The fourth-order valence-electron chi connectivity index (χ4n) is 1.75. The van der Waals surface area contributed by atoms with Gasteiger partial charge < -0.3 is 4.74 Å². The second kappa shape index (κ2) is 5.35. The predicted molar refractivity (Wildman–Crippen MR) is 61.1 cm³/mol. The third-order valence-electron chi connectivity index (χ3n) is 2.39. The molecule has 0 saturated carbocycles. The van der Waals surface area contributed by atoms with Crippen molar-refractivity contribution in [2.24, 2.45) is 0 Å². The van der Waals surface area contributed by atoms with E-state index in [1.165, 1.54) is 12.0 Å². The summed E-state index contributed by atoms with van der Waals surface area (Å²) in [5, 5.41) is 0. The molecule has 1 fully saturated rings. The summed E-state index contributed by atoms with van der Waals surface area (Å²) in [7, 11) is 1.37. The summed E-state index contributed by atoms with van der Waals surface area (Å²) in [5.74, 6) is -0.309. The van der Waals surface area contributed by atoms with Crippen molar-refractivity contribution in [3.8, 4) is 0 Å². The number of nitrogens with one attached hydrogen (secondary N) is 1. The maximum absolute atomic E-state index is 11.9. The van der Waals surface area contributed by atoms with E-state index < -0.39 is 17.7 Å². The van der Waals surface area contributed by atoms with E-state index in [-0.39, 0.29) is 5.91 Å². The third-order valence-corrected chi connectivity index (χ3v) is 2.39. The molecule has 1 atom stereocenters. The van der Waals surface area contributed by atoms with Crippen LogP contribution < -0.4 is 5.48 Å². The number of nitrogens with zero attached hydrogens (tertiary/aromatic N) is 1. The highest BCUT2D eigenvalue weighted by molar-refractivity contribution is 5.85. The van der Waals surface area contributed by atoms with Crippen LogP contribution in [0.15, 0.2) is 0 Å². The lowest BCUT2D eigenvalue weighted by Crippen LogP contribution is -2.47. The zero-order valence-corrected chi connectivity index (χ0v) is 10.8.